The highest BCUT2D eigenvalue weighted by molar-refractivity contribution is 7.84. The Kier molecular flexibility index (Phi) is 7.67. The number of aliphatic hydroxyl groups excluding tert-OH is 1. The molecule has 0 amide bonds. The zero-order chi connectivity index (χ0) is 24.2. The number of benzene rings is 2. The summed E-state index contributed by atoms with van der Waals surface area (Å²) in [5.74, 6) is 1.45. The third kappa shape index (κ3) is 5.33. The van der Waals surface area contributed by atoms with E-state index in [1.54, 1.807) is 25.1 Å². The summed E-state index contributed by atoms with van der Waals surface area (Å²) in [5, 5.41) is 10.7. The third-order valence-electron chi connectivity index (χ3n) is 5.12. The maximum Gasteiger partial charge on any atom is 0.275 e. The van der Waals surface area contributed by atoms with Crippen molar-refractivity contribution in [2.45, 2.75) is 13.0 Å². The Bertz CT molecular complexity index is 1380. The van der Waals surface area contributed by atoms with E-state index >= 15 is 0 Å². The number of aliphatic hydroxyl groups is 1. The van der Waals surface area contributed by atoms with E-state index < -0.39 is 16.9 Å². The molecule has 2 atom stereocenters. The number of fused-ring (bicyclic) bond motifs is 1. The molecule has 4 aromatic rings. The second-order valence-electron chi connectivity index (χ2n) is 7.45. The van der Waals surface area contributed by atoms with Crippen molar-refractivity contribution in [3.05, 3.63) is 70.2 Å². The van der Waals surface area contributed by atoms with Crippen LogP contribution in [-0.2, 0) is 10.8 Å². The number of hydrogen-bond donors (Lipinski definition) is 1. The minimum Gasteiger partial charge on any atom is -0.493 e. The largest absolute Gasteiger partial charge is 0.493 e. The normalized spacial score (nSPS) is 13.1. The predicted octanol–water partition coefficient (Wildman–Crippen LogP) is 4.28. The Morgan fingerprint density at radius 3 is 2.65 bits per heavy atom. The van der Waals surface area contributed by atoms with Crippen LogP contribution in [0.15, 0.2) is 59.7 Å². The molecule has 4 rings (SSSR count). The molecule has 0 radical (unpaired) electrons. The fourth-order valence-corrected chi connectivity index (χ4v) is 5.28. The van der Waals surface area contributed by atoms with E-state index in [2.05, 4.69) is 4.98 Å². The average Bonchev–Trinajstić information content (AvgIpc) is 3.28. The fraction of sp³-hybridized carbons (Fsp3) is 0.250. The minimum atomic E-state index is -1.09. The molecular formula is C24H23ClN2O5S2. The van der Waals surface area contributed by atoms with Gasteiger partial charge < -0.3 is 14.6 Å². The minimum absolute atomic E-state index is 0.0163. The monoisotopic (exact) mass is 518 g/mol. The van der Waals surface area contributed by atoms with Gasteiger partial charge in [0.05, 0.1) is 30.2 Å². The van der Waals surface area contributed by atoms with Gasteiger partial charge in [-0.15, -0.1) is 11.3 Å². The van der Waals surface area contributed by atoms with Crippen molar-refractivity contribution in [3.8, 4) is 27.6 Å². The molecule has 178 valence electrons. The molecule has 0 aliphatic heterocycles. The summed E-state index contributed by atoms with van der Waals surface area (Å²) in [6.07, 6.45) is 0.635. The summed E-state index contributed by atoms with van der Waals surface area (Å²) in [6.45, 7) is 1.78. The number of halogens is 1. The van der Waals surface area contributed by atoms with Gasteiger partial charge in [-0.05, 0) is 35.9 Å². The van der Waals surface area contributed by atoms with Gasteiger partial charge in [-0.1, -0.05) is 30.7 Å². The Morgan fingerprint density at radius 2 is 1.94 bits per heavy atom. The van der Waals surface area contributed by atoms with Crippen LogP contribution in [0.5, 0.6) is 11.5 Å². The molecule has 0 saturated heterocycles. The highest BCUT2D eigenvalue weighted by atomic mass is 35.5. The van der Waals surface area contributed by atoms with Crippen molar-refractivity contribution in [1.29, 1.82) is 0 Å². The molecule has 0 spiro atoms. The molecule has 2 aromatic heterocycles. The Morgan fingerprint density at radius 1 is 1.18 bits per heavy atom. The molecular weight excluding hydrogens is 496 g/mol. The summed E-state index contributed by atoms with van der Waals surface area (Å²) in [6, 6.07) is 14.4. The number of hydrogen-bond acceptors (Lipinski definition) is 7. The van der Waals surface area contributed by atoms with Crippen LogP contribution in [0.2, 0.25) is 5.02 Å². The first-order valence-electron chi connectivity index (χ1n) is 10.5. The van der Waals surface area contributed by atoms with Crippen molar-refractivity contribution < 1.29 is 18.8 Å². The highest BCUT2D eigenvalue weighted by Crippen LogP contribution is 2.33. The van der Waals surface area contributed by atoms with Gasteiger partial charge in [0, 0.05) is 32.5 Å². The van der Waals surface area contributed by atoms with Gasteiger partial charge in [-0.25, -0.2) is 4.98 Å². The number of ether oxygens (including phenoxy) is 2. The molecule has 0 aliphatic rings. The number of methoxy groups -OCH3 is 1. The lowest BCUT2D eigenvalue weighted by atomic mass is 10.2. The molecule has 0 fully saturated rings. The summed E-state index contributed by atoms with van der Waals surface area (Å²) in [5.41, 5.74) is 1.97. The topological polar surface area (TPSA) is 90.6 Å². The molecule has 34 heavy (non-hydrogen) atoms. The lowest BCUT2D eigenvalue weighted by Gasteiger charge is -2.15. The van der Waals surface area contributed by atoms with Crippen molar-refractivity contribution in [2.24, 2.45) is 0 Å². The Labute approximate surface area is 208 Å². The molecule has 2 unspecified atom stereocenters. The average molecular weight is 519 g/mol. The molecule has 2 heterocycles. The van der Waals surface area contributed by atoms with E-state index in [1.165, 1.54) is 29.3 Å². The third-order valence-corrected chi connectivity index (χ3v) is 7.94. The van der Waals surface area contributed by atoms with Crippen LogP contribution in [0, 0.1) is 0 Å². The summed E-state index contributed by atoms with van der Waals surface area (Å²) < 4.78 is 24.7. The fourth-order valence-electron chi connectivity index (χ4n) is 3.34. The second kappa shape index (κ2) is 10.7. The molecule has 1 N–H and O–H groups in total. The van der Waals surface area contributed by atoms with Crippen LogP contribution in [-0.4, -0.2) is 50.2 Å². The number of nitrogens with zero attached hydrogens (tertiary/aromatic N) is 2. The first-order valence-corrected chi connectivity index (χ1v) is 13.2. The molecule has 0 aliphatic carbocycles. The van der Waals surface area contributed by atoms with Gasteiger partial charge in [-0.3, -0.25) is 13.6 Å². The SMILES string of the molecule is CCS(=O)CC(O)COc1ccc(-n2cnc3cc(-c4ccc(Cl)cc4)sc3c2=O)cc1OC. The van der Waals surface area contributed by atoms with Gasteiger partial charge in [0.2, 0.25) is 0 Å². The zero-order valence-electron chi connectivity index (χ0n) is 18.6. The molecule has 2 aromatic carbocycles. The molecule has 0 saturated carbocycles. The van der Waals surface area contributed by atoms with Gasteiger partial charge in [0.1, 0.15) is 17.6 Å². The Balaban J connectivity index is 1.61. The first-order chi connectivity index (χ1) is 16.4. The van der Waals surface area contributed by atoms with E-state index in [0.29, 0.717) is 38.2 Å². The summed E-state index contributed by atoms with van der Waals surface area (Å²) in [7, 11) is 0.408. The van der Waals surface area contributed by atoms with Crippen molar-refractivity contribution in [1.82, 2.24) is 9.55 Å². The number of thiophene rings is 1. The van der Waals surface area contributed by atoms with E-state index in [4.69, 9.17) is 21.1 Å². The van der Waals surface area contributed by atoms with E-state index in [0.717, 1.165) is 10.4 Å². The van der Waals surface area contributed by atoms with Crippen molar-refractivity contribution in [3.63, 3.8) is 0 Å². The van der Waals surface area contributed by atoms with Gasteiger partial charge in [0.15, 0.2) is 11.5 Å². The lowest BCUT2D eigenvalue weighted by molar-refractivity contribution is 0.123. The molecule has 10 heteroatoms. The molecule has 7 nitrogen and oxygen atoms in total. The van der Waals surface area contributed by atoms with Gasteiger partial charge >= 0.3 is 0 Å². The van der Waals surface area contributed by atoms with Crippen molar-refractivity contribution >= 4 is 44.0 Å². The standard InChI is InChI=1S/C24H23ClN2O5S2/c1-3-34(30)13-18(28)12-32-20-9-8-17(10-21(20)31-2)27-14-26-19-11-22(33-23(19)24(27)29)15-4-6-16(25)7-5-15/h4-11,14,18,28H,3,12-13H2,1-2H3. The smallest absolute Gasteiger partial charge is 0.275 e. The summed E-state index contributed by atoms with van der Waals surface area (Å²) >= 11 is 7.36. The quantitative estimate of drug-likeness (QED) is 0.355. The van der Waals surface area contributed by atoms with Gasteiger partial charge in [-0.2, -0.15) is 0 Å². The van der Waals surface area contributed by atoms with E-state index in [-0.39, 0.29) is 17.9 Å². The van der Waals surface area contributed by atoms with Crippen LogP contribution in [0.4, 0.5) is 0 Å². The maximum atomic E-state index is 13.2. The van der Waals surface area contributed by atoms with Crippen LogP contribution < -0.4 is 15.0 Å². The van der Waals surface area contributed by atoms with Crippen LogP contribution in [0.1, 0.15) is 6.92 Å². The van der Waals surface area contributed by atoms with Gasteiger partial charge in [0.25, 0.3) is 5.56 Å². The number of aromatic nitrogens is 2. The molecule has 0 bridgehead atoms. The van der Waals surface area contributed by atoms with Crippen LogP contribution in [0.3, 0.4) is 0 Å². The predicted molar refractivity (Wildman–Crippen MR) is 137 cm³/mol. The zero-order valence-corrected chi connectivity index (χ0v) is 21.0. The summed E-state index contributed by atoms with van der Waals surface area (Å²) in [4.78, 5) is 18.6. The van der Waals surface area contributed by atoms with Crippen LogP contribution in [0.25, 0.3) is 26.3 Å². The lowest BCUT2D eigenvalue weighted by Crippen LogP contribution is -2.25. The highest BCUT2D eigenvalue weighted by Gasteiger charge is 2.15. The first kappa shape index (κ1) is 24.4. The van der Waals surface area contributed by atoms with Crippen LogP contribution >= 0.6 is 22.9 Å². The second-order valence-corrected chi connectivity index (χ2v) is 10.7. The van der Waals surface area contributed by atoms with E-state index in [9.17, 15) is 14.1 Å². The Hall–Kier alpha value is -2.72. The van der Waals surface area contributed by atoms with Crippen molar-refractivity contribution in [2.75, 3.05) is 25.2 Å². The van der Waals surface area contributed by atoms with E-state index in [1.807, 2.05) is 30.3 Å². The maximum absolute atomic E-state index is 13.2. The number of rotatable bonds is 9.